The predicted molar refractivity (Wildman–Crippen MR) is 121 cm³/mol. The highest BCUT2D eigenvalue weighted by atomic mass is 79.9. The molecule has 28 heavy (non-hydrogen) atoms. The number of unbranched alkanes of at least 4 members (excludes halogenated alkanes) is 1. The van der Waals surface area contributed by atoms with Gasteiger partial charge in [0.05, 0.1) is 11.6 Å². The first kappa shape index (κ1) is 24.8. The zero-order valence-electron chi connectivity index (χ0n) is 16.7. The summed E-state index contributed by atoms with van der Waals surface area (Å²) < 4.78 is 18.0. The van der Waals surface area contributed by atoms with Gasteiger partial charge in [0, 0.05) is 19.8 Å². The van der Waals surface area contributed by atoms with E-state index < -0.39 is 0 Å². The maximum Gasteiger partial charge on any atom is 0.175 e. The molecule has 0 aliphatic rings. The number of hydrogen-bond donors (Lipinski definition) is 1. The summed E-state index contributed by atoms with van der Waals surface area (Å²) >= 11 is 3.62. The summed E-state index contributed by atoms with van der Waals surface area (Å²) in [5, 5.41) is 3.45. The summed E-state index contributed by atoms with van der Waals surface area (Å²) in [5.74, 6) is 1.47. The van der Waals surface area contributed by atoms with Gasteiger partial charge in [0.25, 0.3) is 0 Å². The lowest BCUT2D eigenvalue weighted by atomic mass is 10.2. The Morgan fingerprint density at radius 3 is 2.46 bits per heavy atom. The fourth-order valence-corrected chi connectivity index (χ4v) is 3.23. The smallest absolute Gasteiger partial charge is 0.175 e. The number of ether oxygens (including phenoxy) is 3. The minimum absolute atomic E-state index is 0. The zero-order chi connectivity index (χ0) is 19.3. The van der Waals surface area contributed by atoms with E-state index >= 15 is 0 Å². The van der Waals surface area contributed by atoms with Crippen molar-refractivity contribution < 1.29 is 14.2 Å². The van der Waals surface area contributed by atoms with E-state index in [-0.39, 0.29) is 12.4 Å². The molecular formula is C22H31BrClNO3. The third-order valence-electron chi connectivity index (χ3n) is 4.13. The van der Waals surface area contributed by atoms with E-state index in [1.54, 1.807) is 7.11 Å². The van der Waals surface area contributed by atoms with Gasteiger partial charge in [0.1, 0.15) is 6.61 Å². The van der Waals surface area contributed by atoms with Gasteiger partial charge in [-0.2, -0.15) is 0 Å². The second-order valence-electron chi connectivity index (χ2n) is 6.38. The lowest BCUT2D eigenvalue weighted by Gasteiger charge is -2.15. The number of methoxy groups -OCH3 is 1. The highest BCUT2D eigenvalue weighted by Gasteiger charge is 2.12. The molecule has 1 N–H and O–H groups in total. The second kappa shape index (κ2) is 14.7. The summed E-state index contributed by atoms with van der Waals surface area (Å²) in [6, 6.07) is 14.2. The number of hydrogen-bond acceptors (Lipinski definition) is 4. The van der Waals surface area contributed by atoms with Gasteiger partial charge in [-0.05, 0) is 58.6 Å². The summed E-state index contributed by atoms with van der Waals surface area (Å²) in [7, 11) is 1.67. The van der Waals surface area contributed by atoms with Gasteiger partial charge < -0.3 is 19.5 Å². The van der Waals surface area contributed by atoms with Gasteiger partial charge in [-0.15, -0.1) is 12.4 Å². The first-order valence-electron chi connectivity index (χ1n) is 9.56. The summed E-state index contributed by atoms with van der Waals surface area (Å²) in [5.41, 5.74) is 2.27. The molecule has 2 aromatic carbocycles. The number of benzene rings is 2. The molecule has 0 fully saturated rings. The van der Waals surface area contributed by atoms with Crippen LogP contribution in [0.1, 0.15) is 37.3 Å². The summed E-state index contributed by atoms with van der Waals surface area (Å²) in [6.45, 7) is 6.07. The Hall–Kier alpha value is -1.27. The van der Waals surface area contributed by atoms with Crippen molar-refractivity contribution in [3.05, 3.63) is 58.1 Å². The van der Waals surface area contributed by atoms with Crippen LogP contribution in [0.25, 0.3) is 0 Å². The molecule has 156 valence electrons. The molecular weight excluding hydrogens is 442 g/mol. The molecule has 4 nitrogen and oxygen atoms in total. The average molecular weight is 473 g/mol. The molecule has 0 aliphatic carbocycles. The summed E-state index contributed by atoms with van der Waals surface area (Å²) in [6.07, 6.45) is 3.33. The second-order valence-corrected chi connectivity index (χ2v) is 7.23. The van der Waals surface area contributed by atoms with Gasteiger partial charge >= 0.3 is 0 Å². The Morgan fingerprint density at radius 2 is 1.75 bits per heavy atom. The van der Waals surface area contributed by atoms with Crippen LogP contribution in [0.4, 0.5) is 0 Å². The standard InChI is InChI=1S/C22H30BrNO3.ClH/c1-3-4-12-26-13-8-11-24-16-19-14-20(23)22(21(15-19)25-2)27-17-18-9-6-5-7-10-18;/h5-7,9-10,14-15,24H,3-4,8,11-13,16-17H2,1-2H3;1H. The SMILES string of the molecule is CCCCOCCCNCc1cc(Br)c(OCc2ccccc2)c(OC)c1.Cl. The van der Waals surface area contributed by atoms with Crippen molar-refractivity contribution in [2.75, 3.05) is 26.9 Å². The van der Waals surface area contributed by atoms with Gasteiger partial charge in [0.2, 0.25) is 0 Å². The van der Waals surface area contributed by atoms with Crippen LogP contribution in [0.3, 0.4) is 0 Å². The van der Waals surface area contributed by atoms with E-state index in [4.69, 9.17) is 14.2 Å². The molecule has 2 aromatic rings. The van der Waals surface area contributed by atoms with Gasteiger partial charge in [-0.3, -0.25) is 0 Å². The maximum absolute atomic E-state index is 5.98. The molecule has 0 radical (unpaired) electrons. The van der Waals surface area contributed by atoms with Crippen LogP contribution in [0.2, 0.25) is 0 Å². The zero-order valence-corrected chi connectivity index (χ0v) is 19.1. The quantitative estimate of drug-likeness (QED) is 0.377. The molecule has 0 unspecified atom stereocenters. The number of nitrogens with one attached hydrogen (secondary N) is 1. The number of rotatable bonds is 13. The Bertz CT molecular complexity index is 670. The van der Waals surface area contributed by atoms with E-state index in [9.17, 15) is 0 Å². The molecule has 2 rings (SSSR count). The summed E-state index contributed by atoms with van der Waals surface area (Å²) in [4.78, 5) is 0. The lowest BCUT2D eigenvalue weighted by molar-refractivity contribution is 0.129. The highest BCUT2D eigenvalue weighted by molar-refractivity contribution is 9.10. The van der Waals surface area contributed by atoms with E-state index in [1.807, 2.05) is 36.4 Å². The van der Waals surface area contributed by atoms with Crippen LogP contribution in [-0.2, 0) is 17.9 Å². The predicted octanol–water partition coefficient (Wildman–Crippen LogP) is 5.75. The largest absolute Gasteiger partial charge is 0.493 e. The molecule has 0 bridgehead atoms. The normalized spacial score (nSPS) is 10.4. The van der Waals surface area contributed by atoms with E-state index in [1.165, 1.54) is 6.42 Å². The van der Waals surface area contributed by atoms with Crippen LogP contribution < -0.4 is 14.8 Å². The highest BCUT2D eigenvalue weighted by Crippen LogP contribution is 2.37. The van der Waals surface area contributed by atoms with Crippen LogP contribution in [0.15, 0.2) is 46.9 Å². The maximum atomic E-state index is 5.98. The fourth-order valence-electron chi connectivity index (χ4n) is 2.63. The minimum atomic E-state index is 0. The Balaban J connectivity index is 0.00000392. The molecule has 0 heterocycles. The molecule has 0 spiro atoms. The van der Waals surface area contributed by atoms with Crippen molar-refractivity contribution in [1.82, 2.24) is 5.32 Å². The van der Waals surface area contributed by atoms with Crippen molar-refractivity contribution in [3.8, 4) is 11.5 Å². The Labute approximate surface area is 183 Å². The minimum Gasteiger partial charge on any atom is -0.493 e. The third kappa shape index (κ3) is 8.82. The van der Waals surface area contributed by atoms with Crippen molar-refractivity contribution in [2.24, 2.45) is 0 Å². The molecule has 0 saturated carbocycles. The van der Waals surface area contributed by atoms with Crippen molar-refractivity contribution in [3.63, 3.8) is 0 Å². The molecule has 0 atom stereocenters. The van der Waals surface area contributed by atoms with Crippen molar-refractivity contribution in [2.45, 2.75) is 39.3 Å². The molecule has 0 amide bonds. The van der Waals surface area contributed by atoms with E-state index in [0.717, 1.165) is 66.2 Å². The van der Waals surface area contributed by atoms with Crippen LogP contribution in [0.5, 0.6) is 11.5 Å². The van der Waals surface area contributed by atoms with Crippen LogP contribution >= 0.6 is 28.3 Å². The third-order valence-corrected chi connectivity index (χ3v) is 4.72. The first-order valence-corrected chi connectivity index (χ1v) is 10.4. The first-order chi connectivity index (χ1) is 13.2. The van der Waals surface area contributed by atoms with E-state index in [0.29, 0.717) is 6.61 Å². The van der Waals surface area contributed by atoms with Crippen LogP contribution in [-0.4, -0.2) is 26.9 Å². The Kier molecular flexibility index (Phi) is 13.0. The fraction of sp³-hybridized carbons (Fsp3) is 0.455. The monoisotopic (exact) mass is 471 g/mol. The molecule has 0 saturated heterocycles. The Morgan fingerprint density at radius 1 is 1.00 bits per heavy atom. The number of halogens is 2. The van der Waals surface area contributed by atoms with Gasteiger partial charge in [-0.25, -0.2) is 0 Å². The van der Waals surface area contributed by atoms with E-state index in [2.05, 4.69) is 34.2 Å². The topological polar surface area (TPSA) is 39.7 Å². The van der Waals surface area contributed by atoms with Crippen LogP contribution in [0, 0.1) is 0 Å². The van der Waals surface area contributed by atoms with Gasteiger partial charge in [0.15, 0.2) is 11.5 Å². The molecule has 6 heteroatoms. The molecule has 0 aromatic heterocycles. The van der Waals surface area contributed by atoms with Crippen molar-refractivity contribution >= 4 is 28.3 Å². The molecule has 0 aliphatic heterocycles. The van der Waals surface area contributed by atoms with Crippen molar-refractivity contribution in [1.29, 1.82) is 0 Å². The average Bonchev–Trinajstić information content (AvgIpc) is 2.69. The van der Waals surface area contributed by atoms with Gasteiger partial charge in [-0.1, -0.05) is 43.7 Å². The lowest BCUT2D eigenvalue weighted by Crippen LogP contribution is -2.16.